The summed E-state index contributed by atoms with van der Waals surface area (Å²) in [5, 5.41) is 0. The normalized spacial score (nSPS) is 24.3. The molecule has 0 bridgehead atoms. The molecular formula is C21H29FN2O3. The van der Waals surface area contributed by atoms with Gasteiger partial charge < -0.3 is 14.5 Å². The maximum absolute atomic E-state index is 13.0. The molecule has 0 spiro atoms. The quantitative estimate of drug-likeness (QED) is 0.814. The van der Waals surface area contributed by atoms with Crippen molar-refractivity contribution < 1.29 is 18.7 Å². The molecule has 148 valence electrons. The van der Waals surface area contributed by atoms with E-state index in [0.29, 0.717) is 12.3 Å². The van der Waals surface area contributed by atoms with E-state index < -0.39 is 0 Å². The predicted molar refractivity (Wildman–Crippen MR) is 101 cm³/mol. The summed E-state index contributed by atoms with van der Waals surface area (Å²) in [7, 11) is 1.87. The number of hydrogen-bond donors (Lipinski definition) is 0. The molecule has 6 heteroatoms. The second-order valence-corrected chi connectivity index (χ2v) is 7.61. The van der Waals surface area contributed by atoms with Gasteiger partial charge in [0.2, 0.25) is 5.91 Å². The van der Waals surface area contributed by atoms with E-state index in [1.807, 2.05) is 16.8 Å². The monoisotopic (exact) mass is 376 g/mol. The van der Waals surface area contributed by atoms with Crippen molar-refractivity contribution in [3.05, 3.63) is 30.1 Å². The standard InChI is InChI=1S/C21H29FN2O3/c1-23-13-4-2-3-5-14-24(19-8-6-7-18(19)21(23)26)20(25)15-27-17-11-9-16(22)10-12-17/h9-12,18-19H,2-8,13-15H2,1H3. The molecule has 2 fully saturated rings. The third-order valence-electron chi connectivity index (χ3n) is 5.71. The minimum absolute atomic E-state index is 0.0395. The summed E-state index contributed by atoms with van der Waals surface area (Å²) in [6.07, 6.45) is 6.77. The highest BCUT2D eigenvalue weighted by atomic mass is 19.1. The van der Waals surface area contributed by atoms with Crippen LogP contribution >= 0.6 is 0 Å². The first-order valence-corrected chi connectivity index (χ1v) is 9.99. The van der Waals surface area contributed by atoms with Gasteiger partial charge in [0.15, 0.2) is 6.61 Å². The maximum atomic E-state index is 13.0. The number of hydrogen-bond acceptors (Lipinski definition) is 3. The molecule has 27 heavy (non-hydrogen) atoms. The van der Waals surface area contributed by atoms with Gasteiger partial charge in [0, 0.05) is 26.2 Å². The molecule has 1 heterocycles. The fourth-order valence-corrected chi connectivity index (χ4v) is 4.21. The summed E-state index contributed by atoms with van der Waals surface area (Å²) in [6.45, 7) is 1.38. The van der Waals surface area contributed by atoms with E-state index in [-0.39, 0.29) is 36.2 Å². The fourth-order valence-electron chi connectivity index (χ4n) is 4.21. The van der Waals surface area contributed by atoms with E-state index in [1.165, 1.54) is 24.3 Å². The first-order chi connectivity index (χ1) is 13.1. The number of carbonyl (C=O) groups is 2. The van der Waals surface area contributed by atoms with Crippen LogP contribution in [-0.4, -0.2) is 54.4 Å². The average Bonchev–Trinajstić information content (AvgIpc) is 3.14. The molecular weight excluding hydrogens is 347 g/mol. The van der Waals surface area contributed by atoms with Crippen LogP contribution in [-0.2, 0) is 9.59 Å². The highest BCUT2D eigenvalue weighted by Gasteiger charge is 2.40. The number of halogens is 1. The van der Waals surface area contributed by atoms with Crippen molar-refractivity contribution in [3.8, 4) is 5.75 Å². The molecule has 2 atom stereocenters. The molecule has 2 amide bonds. The minimum atomic E-state index is -0.336. The van der Waals surface area contributed by atoms with Gasteiger partial charge in [-0.25, -0.2) is 4.39 Å². The Morgan fingerprint density at radius 1 is 1.07 bits per heavy atom. The van der Waals surface area contributed by atoms with Crippen LogP contribution in [0, 0.1) is 11.7 Å². The molecule has 1 saturated heterocycles. The van der Waals surface area contributed by atoms with Crippen LogP contribution in [0.1, 0.15) is 44.9 Å². The Morgan fingerprint density at radius 3 is 2.52 bits per heavy atom. The molecule has 2 unspecified atom stereocenters. The summed E-state index contributed by atoms with van der Waals surface area (Å²) < 4.78 is 18.6. The van der Waals surface area contributed by atoms with Crippen molar-refractivity contribution in [2.75, 3.05) is 26.7 Å². The van der Waals surface area contributed by atoms with Gasteiger partial charge in [-0.15, -0.1) is 0 Å². The van der Waals surface area contributed by atoms with Crippen LogP contribution in [0.2, 0.25) is 0 Å². The van der Waals surface area contributed by atoms with Crippen molar-refractivity contribution in [3.63, 3.8) is 0 Å². The molecule has 2 aliphatic rings. The first-order valence-electron chi connectivity index (χ1n) is 9.99. The van der Waals surface area contributed by atoms with Crippen molar-refractivity contribution >= 4 is 11.8 Å². The van der Waals surface area contributed by atoms with Crippen molar-refractivity contribution in [1.29, 1.82) is 0 Å². The lowest BCUT2D eigenvalue weighted by atomic mass is 10.00. The molecule has 0 aromatic heterocycles. The molecule has 3 rings (SSSR count). The number of ether oxygens (including phenoxy) is 1. The van der Waals surface area contributed by atoms with E-state index in [9.17, 15) is 14.0 Å². The lowest BCUT2D eigenvalue weighted by molar-refractivity contribution is -0.141. The molecule has 1 aromatic carbocycles. The Labute approximate surface area is 160 Å². The zero-order valence-electron chi connectivity index (χ0n) is 16.0. The zero-order valence-corrected chi connectivity index (χ0v) is 16.0. The summed E-state index contributed by atoms with van der Waals surface area (Å²) in [5.74, 6) is 0.101. The summed E-state index contributed by atoms with van der Waals surface area (Å²) in [4.78, 5) is 29.5. The van der Waals surface area contributed by atoms with Gasteiger partial charge in [0.1, 0.15) is 11.6 Å². The van der Waals surface area contributed by atoms with E-state index in [0.717, 1.165) is 51.5 Å². The smallest absolute Gasteiger partial charge is 0.260 e. The topological polar surface area (TPSA) is 49.9 Å². The second kappa shape index (κ2) is 9.20. The summed E-state index contributed by atoms with van der Waals surface area (Å²) in [6, 6.07) is 5.63. The van der Waals surface area contributed by atoms with Gasteiger partial charge in [0.25, 0.3) is 5.91 Å². The van der Waals surface area contributed by atoms with Crippen LogP contribution in [0.4, 0.5) is 4.39 Å². The van der Waals surface area contributed by atoms with Gasteiger partial charge in [-0.1, -0.05) is 19.3 Å². The summed E-state index contributed by atoms with van der Waals surface area (Å²) in [5.41, 5.74) is 0. The average molecular weight is 376 g/mol. The van der Waals surface area contributed by atoms with Crippen LogP contribution in [0.5, 0.6) is 5.75 Å². The Morgan fingerprint density at radius 2 is 1.78 bits per heavy atom. The Kier molecular flexibility index (Phi) is 6.69. The molecule has 5 nitrogen and oxygen atoms in total. The number of amides is 2. The van der Waals surface area contributed by atoms with Crippen molar-refractivity contribution in [2.45, 2.75) is 51.0 Å². The van der Waals surface area contributed by atoms with Gasteiger partial charge in [0.05, 0.1) is 5.92 Å². The lowest BCUT2D eigenvalue weighted by Crippen LogP contribution is -2.49. The highest BCUT2D eigenvalue weighted by molar-refractivity contribution is 5.82. The Bertz CT molecular complexity index is 649. The molecule has 1 aliphatic carbocycles. The maximum Gasteiger partial charge on any atom is 0.260 e. The Hall–Kier alpha value is -2.11. The third-order valence-corrected chi connectivity index (χ3v) is 5.71. The van der Waals surface area contributed by atoms with E-state index in [4.69, 9.17) is 4.74 Å². The molecule has 1 aliphatic heterocycles. The number of nitrogens with zero attached hydrogens (tertiary/aromatic N) is 2. The molecule has 1 aromatic rings. The number of fused-ring (bicyclic) bond motifs is 1. The number of rotatable bonds is 3. The van der Waals surface area contributed by atoms with Gasteiger partial charge >= 0.3 is 0 Å². The van der Waals surface area contributed by atoms with Crippen molar-refractivity contribution in [1.82, 2.24) is 9.80 Å². The number of benzene rings is 1. The molecule has 0 N–H and O–H groups in total. The highest BCUT2D eigenvalue weighted by Crippen LogP contribution is 2.32. The van der Waals surface area contributed by atoms with Gasteiger partial charge in [-0.2, -0.15) is 0 Å². The molecule has 1 saturated carbocycles. The summed E-state index contributed by atoms with van der Waals surface area (Å²) >= 11 is 0. The van der Waals surface area contributed by atoms with Crippen molar-refractivity contribution in [2.24, 2.45) is 5.92 Å². The van der Waals surface area contributed by atoms with E-state index in [2.05, 4.69) is 0 Å². The largest absolute Gasteiger partial charge is 0.484 e. The van der Waals surface area contributed by atoms with E-state index >= 15 is 0 Å². The lowest BCUT2D eigenvalue weighted by Gasteiger charge is -2.34. The molecule has 0 radical (unpaired) electrons. The third kappa shape index (κ3) is 4.99. The Balaban J connectivity index is 1.70. The first kappa shape index (κ1) is 19.6. The fraction of sp³-hybridized carbons (Fsp3) is 0.619. The van der Waals surface area contributed by atoms with Crippen LogP contribution in [0.25, 0.3) is 0 Å². The number of carbonyl (C=O) groups excluding carboxylic acids is 2. The van der Waals surface area contributed by atoms with Gasteiger partial charge in [-0.3, -0.25) is 9.59 Å². The SMILES string of the molecule is CN1CCCCCCN(C(=O)COc2ccc(F)cc2)C2CCCC2C1=O. The minimum Gasteiger partial charge on any atom is -0.484 e. The van der Waals surface area contributed by atoms with Crippen LogP contribution < -0.4 is 4.74 Å². The van der Waals surface area contributed by atoms with Crippen LogP contribution in [0.3, 0.4) is 0 Å². The predicted octanol–water partition coefficient (Wildman–Crippen LogP) is 3.23. The van der Waals surface area contributed by atoms with Gasteiger partial charge in [-0.05, 0) is 49.9 Å². The van der Waals surface area contributed by atoms with E-state index in [1.54, 1.807) is 0 Å². The van der Waals surface area contributed by atoms with Crippen LogP contribution in [0.15, 0.2) is 24.3 Å². The zero-order chi connectivity index (χ0) is 19.2. The second-order valence-electron chi connectivity index (χ2n) is 7.61.